The van der Waals surface area contributed by atoms with Crippen molar-refractivity contribution >= 4 is 23.9 Å². The fourth-order valence-electron chi connectivity index (χ4n) is 4.26. The van der Waals surface area contributed by atoms with Gasteiger partial charge < -0.3 is 38.3 Å². The Morgan fingerprint density at radius 1 is 0.677 bits per heavy atom. The van der Waals surface area contributed by atoms with Gasteiger partial charge in [-0.3, -0.25) is 19.2 Å². The minimum absolute atomic E-state index is 0.00491. The van der Waals surface area contributed by atoms with Crippen molar-refractivity contribution in [2.24, 2.45) is 5.92 Å². The zero-order valence-corrected chi connectivity index (χ0v) is 16.8. The van der Waals surface area contributed by atoms with E-state index in [4.69, 9.17) is 38.3 Å². The number of carboxylic acid groups (broad SMARTS) is 1. The van der Waals surface area contributed by atoms with Crippen molar-refractivity contribution in [3.05, 3.63) is 0 Å². The number of hydrogen-bond acceptors (Lipinski definition) is 11. The van der Waals surface area contributed by atoms with Crippen LogP contribution in [0.3, 0.4) is 0 Å². The Kier molecular flexibility index (Phi) is 6.42. The van der Waals surface area contributed by atoms with Crippen LogP contribution in [0.1, 0.15) is 19.8 Å². The third-order valence-electron chi connectivity index (χ3n) is 5.65. The second-order valence-corrected chi connectivity index (χ2v) is 8.00. The number of aliphatic carboxylic acids is 1. The molecule has 1 N–H and O–H groups in total. The number of esters is 3. The summed E-state index contributed by atoms with van der Waals surface area (Å²) in [6, 6.07) is 0. The van der Waals surface area contributed by atoms with Crippen molar-refractivity contribution in [2.45, 2.75) is 62.5 Å². The van der Waals surface area contributed by atoms with Gasteiger partial charge in [0.2, 0.25) is 0 Å². The highest BCUT2D eigenvalue weighted by atomic mass is 16.7. The first-order chi connectivity index (χ1) is 14.8. The van der Waals surface area contributed by atoms with E-state index in [2.05, 4.69) is 0 Å². The van der Waals surface area contributed by atoms with Crippen LogP contribution >= 0.6 is 0 Å². The van der Waals surface area contributed by atoms with Gasteiger partial charge in [-0.25, -0.2) is 0 Å². The van der Waals surface area contributed by atoms with E-state index in [1.807, 2.05) is 6.92 Å². The van der Waals surface area contributed by atoms with Crippen molar-refractivity contribution in [3.63, 3.8) is 0 Å². The van der Waals surface area contributed by atoms with Crippen molar-refractivity contribution in [1.29, 1.82) is 0 Å². The highest BCUT2D eigenvalue weighted by molar-refractivity contribution is 5.91. The fraction of sp³-hybridized carbons (Fsp3) is 0.789. The summed E-state index contributed by atoms with van der Waals surface area (Å²) in [5.41, 5.74) is 0. The third kappa shape index (κ3) is 4.81. The van der Waals surface area contributed by atoms with Gasteiger partial charge in [0.05, 0.1) is 32.5 Å². The molecular weight excluding hydrogens is 420 g/mol. The van der Waals surface area contributed by atoms with Crippen LogP contribution in [0.4, 0.5) is 0 Å². The maximum atomic E-state index is 12.2. The Morgan fingerprint density at radius 3 is 1.55 bits per heavy atom. The SMILES string of the molecule is CC1COC2C(OC(=O)CC(=O)OC3COC4C(OC(=O)CC(=O)O)COC34)COC12. The van der Waals surface area contributed by atoms with E-state index in [1.165, 1.54) is 0 Å². The molecule has 172 valence electrons. The van der Waals surface area contributed by atoms with Gasteiger partial charge in [-0.15, -0.1) is 0 Å². The number of carbonyl (C=O) groups excluding carboxylic acids is 3. The number of carbonyl (C=O) groups is 4. The van der Waals surface area contributed by atoms with E-state index in [0.29, 0.717) is 6.61 Å². The quantitative estimate of drug-likeness (QED) is 0.286. The van der Waals surface area contributed by atoms with E-state index in [-0.39, 0.29) is 37.9 Å². The number of ether oxygens (including phenoxy) is 7. The van der Waals surface area contributed by atoms with E-state index in [9.17, 15) is 19.2 Å². The lowest BCUT2D eigenvalue weighted by Crippen LogP contribution is -2.37. The summed E-state index contributed by atoms with van der Waals surface area (Å²) in [7, 11) is 0. The minimum Gasteiger partial charge on any atom is -0.481 e. The lowest BCUT2D eigenvalue weighted by Gasteiger charge is -2.18. The molecule has 4 aliphatic heterocycles. The van der Waals surface area contributed by atoms with Crippen molar-refractivity contribution < 1.29 is 57.4 Å². The molecule has 4 saturated heterocycles. The van der Waals surface area contributed by atoms with Gasteiger partial charge in [0.15, 0.2) is 18.3 Å². The average molecular weight is 444 g/mol. The summed E-state index contributed by atoms with van der Waals surface area (Å²) in [6.45, 7) is 2.72. The Labute approximate surface area is 177 Å². The molecule has 12 heteroatoms. The van der Waals surface area contributed by atoms with Gasteiger partial charge in [0.1, 0.15) is 31.2 Å². The molecule has 4 rings (SSSR count). The highest BCUT2D eigenvalue weighted by Gasteiger charge is 2.51. The molecular formula is C19H24O12. The smallest absolute Gasteiger partial charge is 0.317 e. The van der Waals surface area contributed by atoms with Crippen LogP contribution in [0.5, 0.6) is 0 Å². The molecule has 0 aromatic rings. The average Bonchev–Trinajstić information content (AvgIpc) is 3.42. The zero-order chi connectivity index (χ0) is 22.1. The van der Waals surface area contributed by atoms with Crippen LogP contribution in [0.2, 0.25) is 0 Å². The van der Waals surface area contributed by atoms with Gasteiger partial charge in [-0.05, 0) is 0 Å². The standard InChI is InChI=1S/C19H24O12/c1-8-4-25-17-9(5-26-16(8)17)30-14(23)3-15(24)31-11-7-28-18-10(6-27-19(11)18)29-13(22)2-12(20)21/h8-11,16-19H,2-7H2,1H3,(H,20,21). The molecule has 12 nitrogen and oxygen atoms in total. The first-order valence-corrected chi connectivity index (χ1v) is 10.1. The molecule has 4 fully saturated rings. The molecule has 8 atom stereocenters. The van der Waals surface area contributed by atoms with E-state index in [0.717, 1.165) is 0 Å². The summed E-state index contributed by atoms with van der Waals surface area (Å²) >= 11 is 0. The van der Waals surface area contributed by atoms with Crippen molar-refractivity contribution in [1.82, 2.24) is 0 Å². The van der Waals surface area contributed by atoms with E-state index < -0.39 is 67.2 Å². The normalized spacial score (nSPS) is 38.4. The summed E-state index contributed by atoms with van der Waals surface area (Å²) in [6.07, 6.45) is -5.31. The van der Waals surface area contributed by atoms with Gasteiger partial charge in [0, 0.05) is 5.92 Å². The Morgan fingerprint density at radius 2 is 1.06 bits per heavy atom. The van der Waals surface area contributed by atoms with Crippen molar-refractivity contribution in [3.8, 4) is 0 Å². The first-order valence-electron chi connectivity index (χ1n) is 10.1. The second-order valence-electron chi connectivity index (χ2n) is 8.00. The molecule has 0 aromatic carbocycles. The Balaban J connectivity index is 1.21. The number of rotatable bonds is 7. The Bertz CT molecular complexity index is 737. The summed E-state index contributed by atoms with van der Waals surface area (Å²) < 4.78 is 37.9. The molecule has 31 heavy (non-hydrogen) atoms. The van der Waals surface area contributed by atoms with Gasteiger partial charge >= 0.3 is 23.9 Å². The lowest BCUT2D eigenvalue weighted by atomic mass is 10.0. The van der Waals surface area contributed by atoms with Crippen LogP contribution < -0.4 is 0 Å². The monoisotopic (exact) mass is 444 g/mol. The van der Waals surface area contributed by atoms with Crippen LogP contribution in [0, 0.1) is 5.92 Å². The maximum Gasteiger partial charge on any atom is 0.317 e. The van der Waals surface area contributed by atoms with Crippen LogP contribution in [0.15, 0.2) is 0 Å². The Hall–Kier alpha value is -2.28. The highest BCUT2D eigenvalue weighted by Crippen LogP contribution is 2.33. The predicted molar refractivity (Wildman–Crippen MR) is 94.6 cm³/mol. The van der Waals surface area contributed by atoms with E-state index in [1.54, 1.807) is 0 Å². The summed E-state index contributed by atoms with van der Waals surface area (Å²) in [5, 5.41) is 8.63. The number of hydrogen-bond donors (Lipinski definition) is 1. The molecule has 0 saturated carbocycles. The third-order valence-corrected chi connectivity index (χ3v) is 5.65. The zero-order valence-electron chi connectivity index (χ0n) is 16.8. The van der Waals surface area contributed by atoms with E-state index >= 15 is 0 Å². The molecule has 4 aliphatic rings. The molecule has 0 aliphatic carbocycles. The second kappa shape index (κ2) is 9.07. The van der Waals surface area contributed by atoms with Gasteiger partial charge in [-0.1, -0.05) is 6.92 Å². The molecule has 0 spiro atoms. The van der Waals surface area contributed by atoms with Gasteiger partial charge in [-0.2, -0.15) is 0 Å². The largest absolute Gasteiger partial charge is 0.481 e. The summed E-state index contributed by atoms with van der Waals surface area (Å²) in [4.78, 5) is 46.4. The molecule has 0 amide bonds. The molecule has 4 heterocycles. The van der Waals surface area contributed by atoms with Crippen LogP contribution in [0.25, 0.3) is 0 Å². The number of fused-ring (bicyclic) bond motifs is 2. The maximum absolute atomic E-state index is 12.2. The predicted octanol–water partition coefficient (Wildman–Crippen LogP) is -1.18. The molecule has 0 radical (unpaired) electrons. The summed E-state index contributed by atoms with van der Waals surface area (Å²) in [5.74, 6) is -3.55. The molecule has 0 aromatic heterocycles. The number of carboxylic acids is 1. The minimum atomic E-state index is -1.31. The first kappa shape index (κ1) is 21.9. The van der Waals surface area contributed by atoms with Crippen LogP contribution in [-0.4, -0.2) is 98.1 Å². The molecule has 8 unspecified atom stereocenters. The van der Waals surface area contributed by atoms with Crippen molar-refractivity contribution in [2.75, 3.05) is 26.4 Å². The topological polar surface area (TPSA) is 153 Å². The molecule has 0 bridgehead atoms. The fourth-order valence-corrected chi connectivity index (χ4v) is 4.26. The van der Waals surface area contributed by atoms with Crippen LogP contribution in [-0.2, 0) is 52.3 Å². The van der Waals surface area contributed by atoms with Gasteiger partial charge in [0.25, 0.3) is 0 Å². The lowest BCUT2D eigenvalue weighted by molar-refractivity contribution is -0.165.